The van der Waals surface area contributed by atoms with Crippen LogP contribution >= 0.6 is 11.8 Å². The molecule has 0 rings (SSSR count). The fourth-order valence-corrected chi connectivity index (χ4v) is 1.45. The van der Waals surface area contributed by atoms with Crippen molar-refractivity contribution in [2.45, 2.75) is 25.4 Å². The molecule has 0 aromatic heterocycles. The van der Waals surface area contributed by atoms with Crippen molar-refractivity contribution in [3.05, 3.63) is 0 Å². The molecule has 2 atom stereocenters. The number of hydrogen-bond acceptors (Lipinski definition) is 3. The third-order valence-electron chi connectivity index (χ3n) is 1.69. The summed E-state index contributed by atoms with van der Waals surface area (Å²) in [5.74, 6) is 3.76. The number of thioether (sulfide) groups is 1. The molecule has 0 aliphatic heterocycles. The summed E-state index contributed by atoms with van der Waals surface area (Å²) >= 11 is 1.83. The molecular weight excluding hydrogens is 168 g/mol. The van der Waals surface area contributed by atoms with Crippen molar-refractivity contribution < 1.29 is 0 Å². The van der Waals surface area contributed by atoms with E-state index in [1.54, 1.807) is 0 Å². The Hall–Kier alpha value is -0.170. The SMILES string of the molecule is C#CC(C)NC(CN)CCSC. The molecule has 0 fully saturated rings. The summed E-state index contributed by atoms with van der Waals surface area (Å²) < 4.78 is 0. The van der Waals surface area contributed by atoms with Crippen molar-refractivity contribution in [2.24, 2.45) is 5.73 Å². The van der Waals surface area contributed by atoms with E-state index in [0.717, 1.165) is 12.2 Å². The lowest BCUT2D eigenvalue weighted by molar-refractivity contribution is 0.489. The van der Waals surface area contributed by atoms with Crippen LogP contribution in [0.3, 0.4) is 0 Å². The van der Waals surface area contributed by atoms with Gasteiger partial charge in [0.25, 0.3) is 0 Å². The van der Waals surface area contributed by atoms with E-state index in [2.05, 4.69) is 17.5 Å². The average molecular weight is 186 g/mol. The molecule has 70 valence electrons. The minimum absolute atomic E-state index is 0.125. The molecule has 0 aliphatic rings. The molecule has 3 heteroatoms. The maximum absolute atomic E-state index is 5.58. The Labute approximate surface area is 79.7 Å². The summed E-state index contributed by atoms with van der Waals surface area (Å²) in [5.41, 5.74) is 5.58. The fraction of sp³-hybridized carbons (Fsp3) is 0.778. The maximum Gasteiger partial charge on any atom is 0.0660 e. The highest BCUT2D eigenvalue weighted by atomic mass is 32.2. The molecule has 2 unspecified atom stereocenters. The van der Waals surface area contributed by atoms with E-state index in [0.29, 0.717) is 12.6 Å². The van der Waals surface area contributed by atoms with Gasteiger partial charge >= 0.3 is 0 Å². The van der Waals surface area contributed by atoms with Crippen LogP contribution in [-0.2, 0) is 0 Å². The van der Waals surface area contributed by atoms with Gasteiger partial charge in [0.2, 0.25) is 0 Å². The quantitative estimate of drug-likeness (QED) is 0.599. The number of nitrogens with one attached hydrogen (secondary N) is 1. The van der Waals surface area contributed by atoms with Crippen LogP contribution in [0.25, 0.3) is 0 Å². The van der Waals surface area contributed by atoms with Crippen molar-refractivity contribution in [3.63, 3.8) is 0 Å². The van der Waals surface area contributed by atoms with E-state index in [9.17, 15) is 0 Å². The van der Waals surface area contributed by atoms with Gasteiger partial charge in [-0.2, -0.15) is 11.8 Å². The number of hydrogen-bond donors (Lipinski definition) is 2. The summed E-state index contributed by atoms with van der Waals surface area (Å²) in [6.45, 7) is 2.63. The van der Waals surface area contributed by atoms with E-state index < -0.39 is 0 Å². The lowest BCUT2D eigenvalue weighted by Crippen LogP contribution is -2.41. The second kappa shape index (κ2) is 7.48. The zero-order valence-corrected chi connectivity index (χ0v) is 8.66. The molecule has 0 radical (unpaired) electrons. The van der Waals surface area contributed by atoms with Crippen LogP contribution in [0.5, 0.6) is 0 Å². The molecule has 0 aliphatic carbocycles. The Bertz CT molecular complexity index is 142. The minimum atomic E-state index is 0.125. The summed E-state index contributed by atoms with van der Waals surface area (Å²) in [6, 6.07) is 0.490. The molecule has 0 spiro atoms. The minimum Gasteiger partial charge on any atom is -0.329 e. The highest BCUT2D eigenvalue weighted by molar-refractivity contribution is 7.98. The van der Waals surface area contributed by atoms with Crippen LogP contribution < -0.4 is 11.1 Å². The second-order valence-corrected chi connectivity index (χ2v) is 3.75. The Morgan fingerprint density at radius 2 is 2.33 bits per heavy atom. The summed E-state index contributed by atoms with van der Waals surface area (Å²) in [7, 11) is 0. The largest absolute Gasteiger partial charge is 0.329 e. The number of terminal acetylenes is 1. The van der Waals surface area contributed by atoms with Crippen LogP contribution in [-0.4, -0.2) is 30.6 Å². The molecule has 0 amide bonds. The van der Waals surface area contributed by atoms with Crippen LogP contribution in [0.1, 0.15) is 13.3 Å². The third-order valence-corrected chi connectivity index (χ3v) is 2.33. The van der Waals surface area contributed by atoms with Gasteiger partial charge in [0.15, 0.2) is 0 Å². The Morgan fingerprint density at radius 3 is 2.75 bits per heavy atom. The van der Waals surface area contributed by atoms with Crippen molar-refractivity contribution in [1.29, 1.82) is 0 Å². The normalized spacial score (nSPS) is 15.2. The van der Waals surface area contributed by atoms with E-state index in [1.165, 1.54) is 0 Å². The predicted molar refractivity (Wildman–Crippen MR) is 57.3 cm³/mol. The lowest BCUT2D eigenvalue weighted by Gasteiger charge is -2.18. The first kappa shape index (κ1) is 11.8. The predicted octanol–water partition coefficient (Wildman–Crippen LogP) is 0.678. The first-order valence-electron chi connectivity index (χ1n) is 4.15. The summed E-state index contributed by atoms with van der Waals surface area (Å²) in [6.07, 6.45) is 8.43. The molecule has 2 nitrogen and oxygen atoms in total. The zero-order chi connectivity index (χ0) is 9.40. The van der Waals surface area contributed by atoms with Gasteiger partial charge in [-0.05, 0) is 25.4 Å². The Morgan fingerprint density at radius 1 is 1.67 bits per heavy atom. The highest BCUT2D eigenvalue weighted by Crippen LogP contribution is 2.00. The Balaban J connectivity index is 3.60. The molecule has 3 N–H and O–H groups in total. The standard InChI is InChI=1S/C9H18N2S/c1-4-8(2)11-9(7-10)5-6-12-3/h1,8-9,11H,5-7,10H2,2-3H3. The highest BCUT2D eigenvalue weighted by Gasteiger charge is 2.07. The first-order chi connectivity index (χ1) is 5.74. The zero-order valence-electron chi connectivity index (χ0n) is 7.84. The van der Waals surface area contributed by atoms with Gasteiger partial charge in [-0.15, -0.1) is 6.42 Å². The van der Waals surface area contributed by atoms with Gasteiger partial charge in [0.05, 0.1) is 6.04 Å². The molecule has 0 bridgehead atoms. The topological polar surface area (TPSA) is 38.0 Å². The van der Waals surface area contributed by atoms with Crippen LogP contribution in [0.4, 0.5) is 0 Å². The molecule has 0 saturated carbocycles. The second-order valence-electron chi connectivity index (χ2n) is 2.77. The maximum atomic E-state index is 5.58. The molecule has 0 aromatic rings. The molecule has 12 heavy (non-hydrogen) atoms. The first-order valence-corrected chi connectivity index (χ1v) is 5.55. The van der Waals surface area contributed by atoms with Gasteiger partial charge in [-0.1, -0.05) is 5.92 Å². The van der Waals surface area contributed by atoms with Gasteiger partial charge < -0.3 is 5.73 Å². The summed E-state index contributed by atoms with van der Waals surface area (Å²) in [5, 5.41) is 3.28. The van der Waals surface area contributed by atoms with E-state index >= 15 is 0 Å². The van der Waals surface area contributed by atoms with Crippen molar-refractivity contribution >= 4 is 11.8 Å². The van der Waals surface area contributed by atoms with Crippen molar-refractivity contribution in [2.75, 3.05) is 18.6 Å². The van der Waals surface area contributed by atoms with Gasteiger partial charge in [0, 0.05) is 12.6 Å². The van der Waals surface area contributed by atoms with Crippen molar-refractivity contribution in [1.82, 2.24) is 5.32 Å². The van der Waals surface area contributed by atoms with Gasteiger partial charge in [-0.3, -0.25) is 5.32 Å². The summed E-state index contributed by atoms with van der Waals surface area (Å²) in [4.78, 5) is 0. The lowest BCUT2D eigenvalue weighted by atomic mass is 10.2. The van der Waals surface area contributed by atoms with Crippen LogP contribution in [0.2, 0.25) is 0 Å². The van der Waals surface area contributed by atoms with Crippen molar-refractivity contribution in [3.8, 4) is 12.3 Å². The molecule has 0 aromatic carbocycles. The van der Waals surface area contributed by atoms with Gasteiger partial charge in [-0.25, -0.2) is 0 Å². The van der Waals surface area contributed by atoms with Crippen LogP contribution in [0.15, 0.2) is 0 Å². The fourth-order valence-electron chi connectivity index (χ4n) is 0.931. The van der Waals surface area contributed by atoms with E-state index in [1.807, 2.05) is 18.7 Å². The average Bonchev–Trinajstić information content (AvgIpc) is 2.11. The molecule has 0 heterocycles. The monoisotopic (exact) mass is 186 g/mol. The number of rotatable bonds is 6. The van der Waals surface area contributed by atoms with E-state index in [-0.39, 0.29) is 6.04 Å². The van der Waals surface area contributed by atoms with Gasteiger partial charge in [0.1, 0.15) is 0 Å². The molecule has 0 saturated heterocycles. The van der Waals surface area contributed by atoms with E-state index in [4.69, 9.17) is 12.2 Å². The third kappa shape index (κ3) is 5.48. The Kier molecular flexibility index (Phi) is 7.37. The number of nitrogens with two attached hydrogens (primary N) is 1. The smallest absolute Gasteiger partial charge is 0.0660 e. The molecular formula is C9H18N2S. The van der Waals surface area contributed by atoms with Crippen LogP contribution in [0, 0.1) is 12.3 Å².